The summed E-state index contributed by atoms with van der Waals surface area (Å²) in [5.41, 5.74) is 1.08. The number of nitrogens with zero attached hydrogens (tertiary/aromatic N) is 1. The minimum Gasteiger partial charge on any atom is -0.207 e. The van der Waals surface area contributed by atoms with Crippen molar-refractivity contribution in [1.29, 1.82) is 0 Å². The van der Waals surface area contributed by atoms with E-state index in [4.69, 9.17) is 0 Å². The molecular formula is C12H16BrNO2S2. The highest BCUT2D eigenvalue weighted by Crippen LogP contribution is 2.26. The Hall–Kier alpha value is -0.0400. The van der Waals surface area contributed by atoms with Crippen LogP contribution in [-0.2, 0) is 15.4 Å². The second kappa shape index (κ2) is 5.94. The Kier molecular flexibility index (Phi) is 4.75. The number of rotatable bonds is 4. The van der Waals surface area contributed by atoms with Crippen molar-refractivity contribution in [3.63, 3.8) is 0 Å². The van der Waals surface area contributed by atoms with Gasteiger partial charge in [-0.25, -0.2) is 8.42 Å². The highest BCUT2D eigenvalue weighted by Gasteiger charge is 2.30. The van der Waals surface area contributed by atoms with Crippen LogP contribution in [0.5, 0.6) is 0 Å². The fourth-order valence-electron chi connectivity index (χ4n) is 1.92. The van der Waals surface area contributed by atoms with E-state index in [-0.39, 0.29) is 6.04 Å². The summed E-state index contributed by atoms with van der Waals surface area (Å²) in [6.07, 6.45) is 0.944. The number of thioether (sulfide) groups is 1. The van der Waals surface area contributed by atoms with Crippen molar-refractivity contribution in [1.82, 2.24) is 4.31 Å². The van der Waals surface area contributed by atoms with Crippen LogP contribution in [0, 0.1) is 0 Å². The van der Waals surface area contributed by atoms with Gasteiger partial charge in [0, 0.05) is 24.2 Å². The molecule has 1 heterocycles. The second-order valence-electron chi connectivity index (χ2n) is 4.32. The van der Waals surface area contributed by atoms with Gasteiger partial charge in [0.25, 0.3) is 0 Å². The fraction of sp³-hybridized carbons (Fsp3) is 0.500. The third-order valence-corrected chi connectivity index (χ3v) is 6.89. The summed E-state index contributed by atoms with van der Waals surface area (Å²) in [7, 11) is -1.66. The van der Waals surface area contributed by atoms with Crippen molar-refractivity contribution in [3.05, 3.63) is 29.8 Å². The van der Waals surface area contributed by atoms with Gasteiger partial charge >= 0.3 is 0 Å². The molecule has 2 rings (SSSR count). The molecule has 0 spiro atoms. The number of benzene rings is 1. The molecular weight excluding hydrogens is 334 g/mol. The summed E-state index contributed by atoms with van der Waals surface area (Å²) < 4.78 is 26.4. The van der Waals surface area contributed by atoms with E-state index < -0.39 is 10.0 Å². The van der Waals surface area contributed by atoms with Crippen LogP contribution < -0.4 is 0 Å². The van der Waals surface area contributed by atoms with Crippen LogP contribution >= 0.6 is 27.7 Å². The number of sulfonamides is 1. The third kappa shape index (κ3) is 2.92. The SMILES string of the molecule is CN(C1CCSC1)S(=O)(=O)c1ccc(CBr)cc1. The predicted octanol–water partition coefficient (Wildman–Crippen LogP) is 2.71. The molecule has 1 aromatic carbocycles. The first-order valence-corrected chi connectivity index (χ1v) is 9.48. The molecule has 3 nitrogen and oxygen atoms in total. The molecule has 0 radical (unpaired) electrons. The van der Waals surface area contributed by atoms with E-state index in [1.54, 1.807) is 19.2 Å². The first-order chi connectivity index (χ1) is 8.55. The molecule has 100 valence electrons. The summed E-state index contributed by atoms with van der Waals surface area (Å²) in [4.78, 5) is 0.381. The molecule has 0 saturated carbocycles. The summed E-state index contributed by atoms with van der Waals surface area (Å²) >= 11 is 5.17. The summed E-state index contributed by atoms with van der Waals surface area (Å²) in [6, 6.07) is 7.20. The lowest BCUT2D eigenvalue weighted by atomic mass is 10.2. The van der Waals surface area contributed by atoms with Gasteiger partial charge in [-0.1, -0.05) is 28.1 Å². The van der Waals surface area contributed by atoms with Crippen LogP contribution in [0.1, 0.15) is 12.0 Å². The lowest BCUT2D eigenvalue weighted by molar-refractivity contribution is 0.394. The van der Waals surface area contributed by atoms with Gasteiger partial charge < -0.3 is 0 Å². The molecule has 0 bridgehead atoms. The average molecular weight is 350 g/mol. The Morgan fingerprint density at radius 2 is 2.06 bits per heavy atom. The topological polar surface area (TPSA) is 37.4 Å². The molecule has 6 heteroatoms. The molecule has 18 heavy (non-hydrogen) atoms. The molecule has 0 N–H and O–H groups in total. The molecule has 1 aliphatic heterocycles. The summed E-state index contributed by atoms with van der Waals surface area (Å²) in [5.74, 6) is 1.95. The third-order valence-electron chi connectivity index (χ3n) is 3.17. The van der Waals surface area contributed by atoms with Gasteiger partial charge in [0.05, 0.1) is 4.90 Å². The van der Waals surface area contributed by atoms with Crippen LogP contribution in [-0.4, -0.2) is 37.3 Å². The molecule has 1 aromatic rings. The van der Waals surface area contributed by atoms with Gasteiger partial charge in [-0.15, -0.1) is 0 Å². The largest absolute Gasteiger partial charge is 0.243 e. The van der Waals surface area contributed by atoms with Gasteiger partial charge in [-0.3, -0.25) is 0 Å². The molecule has 1 fully saturated rings. The van der Waals surface area contributed by atoms with Crippen molar-refractivity contribution in [2.24, 2.45) is 0 Å². The smallest absolute Gasteiger partial charge is 0.207 e. The lowest BCUT2D eigenvalue weighted by Gasteiger charge is -2.23. The minimum absolute atomic E-state index is 0.135. The molecule has 1 aliphatic rings. The van der Waals surface area contributed by atoms with Crippen molar-refractivity contribution >= 4 is 37.7 Å². The van der Waals surface area contributed by atoms with Gasteiger partial charge in [0.1, 0.15) is 0 Å². The lowest BCUT2D eigenvalue weighted by Crippen LogP contribution is -2.36. The summed E-state index contributed by atoms with van der Waals surface area (Å²) in [5, 5.41) is 0.739. The normalized spacial score (nSPS) is 20.5. The second-order valence-corrected chi connectivity index (χ2v) is 8.02. The van der Waals surface area contributed by atoms with Crippen LogP contribution in [0.4, 0.5) is 0 Å². The standard InChI is InChI=1S/C12H16BrNO2S2/c1-14(11-6-7-17-9-11)18(15,16)12-4-2-10(8-13)3-5-12/h2-5,11H,6-9H2,1H3. The average Bonchev–Trinajstić information content (AvgIpc) is 2.91. The molecule has 0 aromatic heterocycles. The Balaban J connectivity index is 2.23. The number of halogens is 1. The van der Waals surface area contributed by atoms with Crippen molar-refractivity contribution in [2.75, 3.05) is 18.6 Å². The first-order valence-electron chi connectivity index (χ1n) is 5.76. The predicted molar refractivity (Wildman–Crippen MR) is 79.8 cm³/mol. The van der Waals surface area contributed by atoms with E-state index in [9.17, 15) is 8.42 Å². The van der Waals surface area contributed by atoms with Gasteiger partial charge in [-0.05, 0) is 29.9 Å². The van der Waals surface area contributed by atoms with Gasteiger partial charge in [-0.2, -0.15) is 16.1 Å². The van der Waals surface area contributed by atoms with Crippen LogP contribution in [0.25, 0.3) is 0 Å². The highest BCUT2D eigenvalue weighted by atomic mass is 79.9. The van der Waals surface area contributed by atoms with Crippen LogP contribution in [0.2, 0.25) is 0 Å². The Labute approximate surface area is 121 Å². The van der Waals surface area contributed by atoms with Crippen LogP contribution in [0.3, 0.4) is 0 Å². The molecule has 0 amide bonds. The zero-order valence-electron chi connectivity index (χ0n) is 10.2. The van der Waals surface area contributed by atoms with E-state index >= 15 is 0 Å². The van der Waals surface area contributed by atoms with Crippen molar-refractivity contribution < 1.29 is 8.42 Å². The Morgan fingerprint density at radius 1 is 1.39 bits per heavy atom. The highest BCUT2D eigenvalue weighted by molar-refractivity contribution is 9.08. The van der Waals surface area contributed by atoms with E-state index in [0.29, 0.717) is 4.90 Å². The van der Waals surface area contributed by atoms with E-state index in [0.717, 1.165) is 28.8 Å². The molecule has 1 atom stereocenters. The van der Waals surface area contributed by atoms with Crippen molar-refractivity contribution in [3.8, 4) is 0 Å². The van der Waals surface area contributed by atoms with E-state index in [1.807, 2.05) is 23.9 Å². The Morgan fingerprint density at radius 3 is 2.56 bits per heavy atom. The Bertz CT molecular complexity index is 495. The van der Waals surface area contributed by atoms with Gasteiger partial charge in [0.2, 0.25) is 10.0 Å². The first kappa shape index (κ1) is 14.4. The number of alkyl halides is 1. The summed E-state index contributed by atoms with van der Waals surface area (Å²) in [6.45, 7) is 0. The fourth-order valence-corrected chi connectivity index (χ4v) is 5.04. The quantitative estimate of drug-likeness (QED) is 0.784. The van der Waals surface area contributed by atoms with Gasteiger partial charge in [0.15, 0.2) is 0 Å². The minimum atomic E-state index is -3.34. The van der Waals surface area contributed by atoms with E-state index in [2.05, 4.69) is 15.9 Å². The van der Waals surface area contributed by atoms with E-state index in [1.165, 1.54) is 4.31 Å². The molecule has 1 unspecified atom stereocenters. The zero-order chi connectivity index (χ0) is 13.2. The van der Waals surface area contributed by atoms with Crippen molar-refractivity contribution in [2.45, 2.75) is 22.7 Å². The zero-order valence-corrected chi connectivity index (χ0v) is 13.4. The maximum atomic E-state index is 12.4. The molecule has 1 saturated heterocycles. The number of hydrogen-bond acceptors (Lipinski definition) is 3. The molecule has 0 aliphatic carbocycles. The maximum absolute atomic E-state index is 12.4. The number of hydrogen-bond donors (Lipinski definition) is 0. The maximum Gasteiger partial charge on any atom is 0.243 e. The van der Waals surface area contributed by atoms with Crippen LogP contribution in [0.15, 0.2) is 29.2 Å². The monoisotopic (exact) mass is 349 g/mol.